The molecule has 1 atom stereocenters. The van der Waals surface area contributed by atoms with Gasteiger partial charge in [-0.15, -0.1) is 0 Å². The zero-order valence-corrected chi connectivity index (χ0v) is 12.2. The van der Waals surface area contributed by atoms with E-state index in [1.807, 2.05) is 18.2 Å². The molecule has 106 valence electrons. The molecular formula is C17H26O2. The van der Waals surface area contributed by atoms with Crippen LogP contribution in [0, 0.1) is 12.8 Å². The van der Waals surface area contributed by atoms with Crippen LogP contribution >= 0.6 is 0 Å². The molecule has 1 N–H and O–H groups in total. The number of hydrogen-bond acceptors (Lipinski definition) is 2. The van der Waals surface area contributed by atoms with Gasteiger partial charge in [0.1, 0.15) is 5.75 Å². The monoisotopic (exact) mass is 262 g/mol. The van der Waals surface area contributed by atoms with Crippen molar-refractivity contribution in [3.8, 4) is 5.75 Å². The minimum Gasteiger partial charge on any atom is -0.497 e. The van der Waals surface area contributed by atoms with Gasteiger partial charge in [-0.3, -0.25) is 0 Å². The maximum Gasteiger partial charge on any atom is 0.119 e. The van der Waals surface area contributed by atoms with Crippen LogP contribution in [-0.2, 0) is 0 Å². The molecule has 0 spiro atoms. The highest BCUT2D eigenvalue weighted by molar-refractivity contribution is 5.36. The third-order valence-corrected chi connectivity index (χ3v) is 4.39. The van der Waals surface area contributed by atoms with Gasteiger partial charge in [0, 0.05) is 0 Å². The lowest BCUT2D eigenvalue weighted by atomic mass is 9.83. The minimum atomic E-state index is -0.316. The predicted molar refractivity (Wildman–Crippen MR) is 78.5 cm³/mol. The lowest BCUT2D eigenvalue weighted by Gasteiger charge is -2.26. The van der Waals surface area contributed by atoms with Crippen molar-refractivity contribution in [2.45, 2.75) is 58.0 Å². The molecule has 0 amide bonds. The van der Waals surface area contributed by atoms with Crippen LogP contribution in [0.1, 0.15) is 62.2 Å². The number of benzene rings is 1. The third kappa shape index (κ3) is 3.73. The zero-order valence-electron chi connectivity index (χ0n) is 12.2. The third-order valence-electron chi connectivity index (χ3n) is 4.39. The lowest BCUT2D eigenvalue weighted by Crippen LogP contribution is -2.15. The Balaban J connectivity index is 2.10. The fourth-order valence-corrected chi connectivity index (χ4v) is 3.16. The van der Waals surface area contributed by atoms with E-state index in [0.717, 1.165) is 29.7 Å². The van der Waals surface area contributed by atoms with E-state index in [1.54, 1.807) is 7.11 Å². The molecule has 1 aliphatic carbocycles. The molecule has 2 rings (SSSR count). The molecule has 0 radical (unpaired) electrons. The number of aryl methyl sites for hydroxylation is 1. The Morgan fingerprint density at radius 2 is 1.74 bits per heavy atom. The average molecular weight is 262 g/mol. The van der Waals surface area contributed by atoms with E-state index in [4.69, 9.17) is 4.74 Å². The zero-order chi connectivity index (χ0) is 13.7. The van der Waals surface area contributed by atoms with Crippen LogP contribution in [0.4, 0.5) is 0 Å². The van der Waals surface area contributed by atoms with E-state index in [2.05, 4.69) is 6.92 Å². The number of rotatable bonds is 3. The SMILES string of the molecule is COc1ccc(C(O)C2CCCCCCC2)c(C)c1. The summed E-state index contributed by atoms with van der Waals surface area (Å²) in [7, 11) is 1.68. The summed E-state index contributed by atoms with van der Waals surface area (Å²) in [6.07, 6.45) is 8.54. The number of ether oxygens (including phenoxy) is 1. The van der Waals surface area contributed by atoms with E-state index < -0.39 is 0 Å². The van der Waals surface area contributed by atoms with Gasteiger partial charge < -0.3 is 9.84 Å². The predicted octanol–water partition coefficient (Wildman–Crippen LogP) is 4.40. The summed E-state index contributed by atoms with van der Waals surface area (Å²) in [4.78, 5) is 0. The van der Waals surface area contributed by atoms with Crippen LogP contribution in [0.15, 0.2) is 18.2 Å². The molecule has 1 aromatic carbocycles. The summed E-state index contributed by atoms with van der Waals surface area (Å²) in [5.74, 6) is 1.29. The fraction of sp³-hybridized carbons (Fsp3) is 0.647. The Bertz CT molecular complexity index is 392. The first-order chi connectivity index (χ1) is 9.22. The first-order valence-electron chi connectivity index (χ1n) is 7.55. The van der Waals surface area contributed by atoms with Crippen molar-refractivity contribution < 1.29 is 9.84 Å². The largest absolute Gasteiger partial charge is 0.497 e. The summed E-state index contributed by atoms with van der Waals surface area (Å²) < 4.78 is 5.23. The molecule has 0 aliphatic heterocycles. The van der Waals surface area contributed by atoms with Gasteiger partial charge in [-0.1, -0.05) is 38.2 Å². The summed E-state index contributed by atoms with van der Waals surface area (Å²) >= 11 is 0. The van der Waals surface area contributed by atoms with E-state index in [1.165, 1.54) is 32.1 Å². The van der Waals surface area contributed by atoms with E-state index in [0.29, 0.717) is 5.92 Å². The molecule has 1 saturated carbocycles. The molecule has 0 bridgehead atoms. The second kappa shape index (κ2) is 6.95. The minimum absolute atomic E-state index is 0.316. The topological polar surface area (TPSA) is 29.5 Å². The van der Waals surface area contributed by atoms with Gasteiger partial charge in [0.25, 0.3) is 0 Å². The van der Waals surface area contributed by atoms with Crippen molar-refractivity contribution in [1.82, 2.24) is 0 Å². The average Bonchev–Trinajstić information content (AvgIpc) is 2.37. The second-order valence-corrected chi connectivity index (χ2v) is 5.77. The highest BCUT2D eigenvalue weighted by atomic mass is 16.5. The normalized spacial score (nSPS) is 19.5. The van der Waals surface area contributed by atoms with Gasteiger partial charge in [-0.05, 0) is 48.9 Å². The number of aliphatic hydroxyl groups excluding tert-OH is 1. The molecule has 0 heterocycles. The Hall–Kier alpha value is -1.02. The Labute approximate surface area is 116 Å². The summed E-state index contributed by atoms with van der Waals surface area (Å²) in [6, 6.07) is 5.99. The first kappa shape index (κ1) is 14.4. The smallest absolute Gasteiger partial charge is 0.119 e. The molecule has 1 aromatic rings. The van der Waals surface area contributed by atoms with Gasteiger partial charge in [0.05, 0.1) is 13.2 Å². The molecule has 2 heteroatoms. The highest BCUT2D eigenvalue weighted by Gasteiger charge is 2.22. The molecule has 19 heavy (non-hydrogen) atoms. The highest BCUT2D eigenvalue weighted by Crippen LogP contribution is 2.35. The summed E-state index contributed by atoms with van der Waals surface area (Å²) in [5.41, 5.74) is 2.21. The summed E-state index contributed by atoms with van der Waals surface area (Å²) in [5, 5.41) is 10.7. The van der Waals surface area contributed by atoms with Crippen molar-refractivity contribution in [2.75, 3.05) is 7.11 Å². The van der Waals surface area contributed by atoms with Gasteiger partial charge >= 0.3 is 0 Å². The van der Waals surface area contributed by atoms with Crippen molar-refractivity contribution in [2.24, 2.45) is 5.92 Å². The summed E-state index contributed by atoms with van der Waals surface area (Å²) in [6.45, 7) is 2.06. The number of hydrogen-bond donors (Lipinski definition) is 1. The van der Waals surface area contributed by atoms with Crippen LogP contribution < -0.4 is 4.74 Å². The first-order valence-corrected chi connectivity index (χ1v) is 7.55. The van der Waals surface area contributed by atoms with E-state index in [9.17, 15) is 5.11 Å². The maximum atomic E-state index is 10.7. The van der Waals surface area contributed by atoms with Crippen LogP contribution in [0.5, 0.6) is 5.75 Å². The van der Waals surface area contributed by atoms with Crippen molar-refractivity contribution in [3.63, 3.8) is 0 Å². The van der Waals surface area contributed by atoms with Crippen molar-refractivity contribution in [3.05, 3.63) is 29.3 Å². The van der Waals surface area contributed by atoms with Gasteiger partial charge in [-0.2, -0.15) is 0 Å². The van der Waals surface area contributed by atoms with Crippen LogP contribution in [-0.4, -0.2) is 12.2 Å². The van der Waals surface area contributed by atoms with Gasteiger partial charge in [0.15, 0.2) is 0 Å². The number of aliphatic hydroxyl groups is 1. The standard InChI is InChI=1S/C17H26O2/c1-13-12-15(19-2)10-11-16(13)17(18)14-8-6-4-3-5-7-9-14/h10-12,14,17-18H,3-9H2,1-2H3. The van der Waals surface area contributed by atoms with Crippen LogP contribution in [0.2, 0.25) is 0 Å². The molecule has 1 unspecified atom stereocenters. The lowest BCUT2D eigenvalue weighted by molar-refractivity contribution is 0.0907. The number of methoxy groups -OCH3 is 1. The molecule has 2 nitrogen and oxygen atoms in total. The molecule has 1 fully saturated rings. The van der Waals surface area contributed by atoms with Crippen molar-refractivity contribution in [1.29, 1.82) is 0 Å². The Morgan fingerprint density at radius 1 is 1.11 bits per heavy atom. The maximum absolute atomic E-state index is 10.7. The van der Waals surface area contributed by atoms with Crippen LogP contribution in [0.3, 0.4) is 0 Å². The van der Waals surface area contributed by atoms with Crippen molar-refractivity contribution >= 4 is 0 Å². The van der Waals surface area contributed by atoms with E-state index in [-0.39, 0.29) is 6.10 Å². The van der Waals surface area contributed by atoms with E-state index >= 15 is 0 Å². The van der Waals surface area contributed by atoms with Gasteiger partial charge in [0.2, 0.25) is 0 Å². The Morgan fingerprint density at radius 3 is 2.32 bits per heavy atom. The van der Waals surface area contributed by atoms with Gasteiger partial charge in [-0.25, -0.2) is 0 Å². The molecule has 0 aromatic heterocycles. The fourth-order valence-electron chi connectivity index (χ4n) is 3.16. The molecule has 1 aliphatic rings. The van der Waals surface area contributed by atoms with Crippen LogP contribution in [0.25, 0.3) is 0 Å². The quantitative estimate of drug-likeness (QED) is 0.875. The molecule has 0 saturated heterocycles. The second-order valence-electron chi connectivity index (χ2n) is 5.77. The Kier molecular flexibility index (Phi) is 5.26. The molecular weight excluding hydrogens is 236 g/mol.